The quantitative estimate of drug-likeness (QED) is 0.775. The van der Waals surface area contributed by atoms with Crippen LogP contribution in [-0.2, 0) is 22.4 Å². The number of hydrogen-bond acceptors (Lipinski definition) is 5. The minimum atomic E-state index is -0.0586. The molecule has 0 amide bonds. The van der Waals surface area contributed by atoms with Crippen LogP contribution in [0.2, 0.25) is 0 Å². The zero-order chi connectivity index (χ0) is 16.8. The lowest BCUT2D eigenvalue weighted by molar-refractivity contribution is -0.117. The molecule has 2 N–H and O–H groups in total. The predicted molar refractivity (Wildman–Crippen MR) is 90.8 cm³/mol. The van der Waals surface area contributed by atoms with E-state index >= 15 is 0 Å². The van der Waals surface area contributed by atoms with Gasteiger partial charge >= 0.3 is 0 Å². The molecule has 1 aromatic heterocycles. The van der Waals surface area contributed by atoms with E-state index in [0.29, 0.717) is 16.8 Å². The first-order valence-corrected chi connectivity index (χ1v) is 7.41. The summed E-state index contributed by atoms with van der Waals surface area (Å²) in [6, 6.07) is 9.40. The average molecular weight is 331 g/mol. The van der Waals surface area contributed by atoms with E-state index in [9.17, 15) is 9.59 Å². The van der Waals surface area contributed by atoms with Gasteiger partial charge in [0, 0.05) is 5.69 Å². The summed E-state index contributed by atoms with van der Waals surface area (Å²) in [5.41, 5.74) is 3.74. The summed E-state index contributed by atoms with van der Waals surface area (Å²) < 4.78 is 1.49. The van der Waals surface area contributed by atoms with Crippen molar-refractivity contribution in [3.63, 3.8) is 0 Å². The van der Waals surface area contributed by atoms with Gasteiger partial charge in [-0.1, -0.05) is 18.2 Å². The fraction of sp³-hybridized carbons (Fsp3) is 0.267. The fourth-order valence-electron chi connectivity index (χ4n) is 1.94. The van der Waals surface area contributed by atoms with Gasteiger partial charge in [0.1, 0.15) is 11.6 Å². The second-order valence-electron chi connectivity index (χ2n) is 5.06. The van der Waals surface area contributed by atoms with Crippen molar-refractivity contribution in [3.8, 4) is 0 Å². The zero-order valence-corrected chi connectivity index (χ0v) is 13.7. The Balaban J connectivity index is 2.18. The number of nitrogens with one attached hydrogen (secondary N) is 2. The van der Waals surface area contributed by atoms with Gasteiger partial charge in [0.15, 0.2) is 16.8 Å². The smallest absolute Gasteiger partial charge is 0.190 e. The lowest BCUT2D eigenvalue weighted by atomic mass is 10.3. The Morgan fingerprint density at radius 3 is 2.04 bits per heavy atom. The molecule has 120 valence electrons. The summed E-state index contributed by atoms with van der Waals surface area (Å²) in [6.45, 7) is 2.93. The van der Waals surface area contributed by atoms with Crippen LogP contribution in [0, 0.1) is 0 Å². The van der Waals surface area contributed by atoms with Crippen molar-refractivity contribution in [3.05, 3.63) is 42.0 Å². The second kappa shape index (κ2) is 7.59. The third-order valence-corrected chi connectivity index (χ3v) is 3.05. The van der Waals surface area contributed by atoms with Crippen molar-refractivity contribution >= 4 is 34.6 Å². The van der Waals surface area contributed by atoms with Gasteiger partial charge in [0.05, 0.1) is 12.8 Å². The van der Waals surface area contributed by atoms with Gasteiger partial charge in [0.2, 0.25) is 0 Å². The SMILES string of the molecule is CC(=O)Cc1nnc(CC(C)=O)n1NC(=S)Nc1ccccc1. The number of ketones is 2. The first-order chi connectivity index (χ1) is 11.0. The van der Waals surface area contributed by atoms with Crippen LogP contribution in [0.1, 0.15) is 25.5 Å². The number of Topliss-reactive ketones (excluding diaryl/α,β-unsaturated/α-hetero) is 2. The van der Waals surface area contributed by atoms with E-state index in [1.54, 1.807) is 0 Å². The minimum absolute atomic E-state index is 0.0586. The summed E-state index contributed by atoms with van der Waals surface area (Å²) in [6.07, 6.45) is 0.206. The summed E-state index contributed by atoms with van der Waals surface area (Å²) >= 11 is 5.26. The molecule has 0 bridgehead atoms. The number of rotatable bonds is 6. The Hall–Kier alpha value is -2.61. The number of benzene rings is 1. The Kier molecular flexibility index (Phi) is 5.53. The van der Waals surface area contributed by atoms with E-state index in [0.717, 1.165) is 5.69 Å². The third kappa shape index (κ3) is 4.96. The van der Waals surface area contributed by atoms with E-state index in [4.69, 9.17) is 12.2 Å². The van der Waals surface area contributed by atoms with Crippen LogP contribution >= 0.6 is 12.2 Å². The molecule has 0 saturated carbocycles. The molecular weight excluding hydrogens is 314 g/mol. The number of aromatic nitrogens is 3. The van der Waals surface area contributed by atoms with Crippen LogP contribution in [0.4, 0.5) is 5.69 Å². The molecule has 0 aliphatic carbocycles. The Labute approximate surface area is 139 Å². The largest absolute Gasteiger partial charge is 0.331 e. The molecular formula is C15H17N5O2S. The molecule has 1 aromatic carbocycles. The van der Waals surface area contributed by atoms with E-state index in [1.165, 1.54) is 18.5 Å². The Bertz CT molecular complexity index is 693. The Morgan fingerprint density at radius 2 is 1.57 bits per heavy atom. The van der Waals surface area contributed by atoms with Crippen LogP contribution in [-0.4, -0.2) is 31.6 Å². The number of nitrogens with zero attached hydrogens (tertiary/aromatic N) is 3. The first-order valence-electron chi connectivity index (χ1n) is 7.01. The summed E-state index contributed by atoms with van der Waals surface area (Å²) in [7, 11) is 0. The van der Waals surface area contributed by atoms with Crippen molar-refractivity contribution in [1.82, 2.24) is 14.9 Å². The molecule has 23 heavy (non-hydrogen) atoms. The van der Waals surface area contributed by atoms with Crippen LogP contribution in [0.15, 0.2) is 30.3 Å². The van der Waals surface area contributed by atoms with E-state index < -0.39 is 0 Å². The molecule has 0 spiro atoms. The Morgan fingerprint density at radius 1 is 1.04 bits per heavy atom. The standard InChI is InChI=1S/C15H17N5O2S/c1-10(21)8-13-17-18-14(9-11(2)22)20(13)19-15(23)16-12-6-4-3-5-7-12/h3-7H,8-9H2,1-2H3,(H2,16,19,23). The number of hydrogen-bond donors (Lipinski definition) is 2. The highest BCUT2D eigenvalue weighted by Crippen LogP contribution is 2.07. The molecule has 0 aliphatic rings. The molecule has 1 heterocycles. The normalized spacial score (nSPS) is 10.2. The van der Waals surface area contributed by atoms with Crippen molar-refractivity contribution in [2.75, 3.05) is 10.7 Å². The van der Waals surface area contributed by atoms with Crippen LogP contribution < -0.4 is 10.7 Å². The first kappa shape index (κ1) is 16.8. The number of carbonyl (C=O) groups excluding carboxylic acids is 2. The van der Waals surface area contributed by atoms with Crippen LogP contribution in [0.3, 0.4) is 0 Å². The van der Waals surface area contributed by atoms with E-state index in [2.05, 4.69) is 20.9 Å². The van der Waals surface area contributed by atoms with Gasteiger partial charge < -0.3 is 5.32 Å². The molecule has 0 unspecified atom stereocenters. The van der Waals surface area contributed by atoms with Crippen molar-refractivity contribution in [2.45, 2.75) is 26.7 Å². The predicted octanol–water partition coefficient (Wildman–Crippen LogP) is 1.48. The maximum absolute atomic E-state index is 11.3. The molecule has 8 heteroatoms. The maximum atomic E-state index is 11.3. The van der Waals surface area contributed by atoms with Crippen molar-refractivity contribution < 1.29 is 9.59 Å². The molecule has 0 saturated heterocycles. The van der Waals surface area contributed by atoms with E-state index in [1.807, 2.05) is 30.3 Å². The van der Waals surface area contributed by atoms with Gasteiger partial charge in [-0.2, -0.15) is 0 Å². The summed E-state index contributed by atoms with van der Waals surface area (Å²) in [5, 5.41) is 11.2. The number of anilines is 1. The van der Waals surface area contributed by atoms with Gasteiger partial charge in [0.25, 0.3) is 0 Å². The molecule has 2 rings (SSSR count). The molecule has 0 aliphatic heterocycles. The third-order valence-electron chi connectivity index (χ3n) is 2.86. The van der Waals surface area contributed by atoms with Crippen molar-refractivity contribution in [2.24, 2.45) is 0 Å². The van der Waals surface area contributed by atoms with Crippen molar-refractivity contribution in [1.29, 1.82) is 0 Å². The molecule has 0 atom stereocenters. The van der Waals surface area contributed by atoms with Gasteiger partial charge in [-0.05, 0) is 38.2 Å². The fourth-order valence-corrected chi connectivity index (χ4v) is 2.15. The van der Waals surface area contributed by atoms with Gasteiger partial charge in [-0.15, -0.1) is 10.2 Å². The topological polar surface area (TPSA) is 88.9 Å². The van der Waals surface area contributed by atoms with Gasteiger partial charge in [-0.3, -0.25) is 15.0 Å². The molecule has 0 radical (unpaired) electrons. The average Bonchev–Trinajstić information content (AvgIpc) is 2.81. The number of para-hydroxylation sites is 1. The highest BCUT2D eigenvalue weighted by molar-refractivity contribution is 7.80. The monoisotopic (exact) mass is 331 g/mol. The molecule has 0 fully saturated rings. The van der Waals surface area contributed by atoms with E-state index in [-0.39, 0.29) is 24.4 Å². The number of thiocarbonyl (C=S) groups is 1. The highest BCUT2D eigenvalue weighted by Gasteiger charge is 2.16. The second-order valence-corrected chi connectivity index (χ2v) is 5.47. The number of carbonyl (C=O) groups is 2. The highest BCUT2D eigenvalue weighted by atomic mass is 32.1. The van der Waals surface area contributed by atoms with Gasteiger partial charge in [-0.25, -0.2) is 4.68 Å². The molecule has 2 aromatic rings. The maximum Gasteiger partial charge on any atom is 0.190 e. The van der Waals surface area contributed by atoms with Crippen LogP contribution in [0.5, 0.6) is 0 Å². The lowest BCUT2D eigenvalue weighted by Gasteiger charge is -2.14. The lowest BCUT2D eigenvalue weighted by Crippen LogP contribution is -2.31. The van der Waals surface area contributed by atoms with Crippen LogP contribution in [0.25, 0.3) is 0 Å². The minimum Gasteiger partial charge on any atom is -0.331 e. The summed E-state index contributed by atoms with van der Waals surface area (Å²) in [5.74, 6) is 0.699. The summed E-state index contributed by atoms with van der Waals surface area (Å²) in [4.78, 5) is 22.7. The molecule has 7 nitrogen and oxygen atoms in total. The zero-order valence-electron chi connectivity index (χ0n) is 12.9.